The van der Waals surface area contributed by atoms with E-state index < -0.39 is 10.7 Å². The molecule has 0 aliphatic carbocycles. The first kappa shape index (κ1) is 14.2. The molecule has 0 amide bonds. The third kappa shape index (κ3) is 2.83. The van der Waals surface area contributed by atoms with Crippen molar-refractivity contribution in [2.75, 3.05) is 36.0 Å². The Hall–Kier alpha value is -2.70. The maximum Gasteiger partial charge on any atom is 0.292 e. The average Bonchev–Trinajstić information content (AvgIpc) is 2.55. The number of benzene rings is 1. The minimum Gasteiger partial charge on any atom is -0.362 e. The van der Waals surface area contributed by atoms with Crippen LogP contribution in [0.5, 0.6) is 0 Å². The third-order valence-corrected chi connectivity index (χ3v) is 3.73. The number of pyridine rings is 1. The zero-order valence-electron chi connectivity index (χ0n) is 11.9. The molecule has 7 heteroatoms. The fourth-order valence-electron chi connectivity index (χ4n) is 2.62. The highest BCUT2D eigenvalue weighted by Crippen LogP contribution is 2.30. The van der Waals surface area contributed by atoms with Crippen molar-refractivity contribution in [3.63, 3.8) is 0 Å². The molecule has 0 bridgehead atoms. The predicted octanol–water partition coefficient (Wildman–Crippen LogP) is 2.46. The van der Waals surface area contributed by atoms with Gasteiger partial charge in [-0.25, -0.2) is 9.37 Å². The first-order valence-electron chi connectivity index (χ1n) is 7.00. The predicted molar refractivity (Wildman–Crippen MR) is 81.7 cm³/mol. The lowest BCUT2D eigenvalue weighted by atomic mass is 10.2. The van der Waals surface area contributed by atoms with Crippen molar-refractivity contribution in [1.82, 2.24) is 4.98 Å². The molecule has 1 aromatic heterocycles. The lowest BCUT2D eigenvalue weighted by Crippen LogP contribution is -2.47. The summed E-state index contributed by atoms with van der Waals surface area (Å²) in [7, 11) is 0. The molecule has 0 spiro atoms. The van der Waals surface area contributed by atoms with Crippen LogP contribution < -0.4 is 9.80 Å². The van der Waals surface area contributed by atoms with E-state index >= 15 is 0 Å². The molecule has 1 saturated heterocycles. The second-order valence-electron chi connectivity index (χ2n) is 5.05. The number of nitro benzene ring substituents is 1. The van der Waals surface area contributed by atoms with Crippen molar-refractivity contribution < 1.29 is 9.31 Å². The van der Waals surface area contributed by atoms with Gasteiger partial charge in [0.05, 0.1) is 4.92 Å². The summed E-state index contributed by atoms with van der Waals surface area (Å²) in [5.74, 6) is 0.420. The molecule has 0 radical (unpaired) electrons. The van der Waals surface area contributed by atoms with Crippen LogP contribution in [0, 0.1) is 15.9 Å². The molecule has 1 aliphatic rings. The second kappa shape index (κ2) is 5.97. The fourth-order valence-corrected chi connectivity index (χ4v) is 2.62. The van der Waals surface area contributed by atoms with Crippen LogP contribution in [0.15, 0.2) is 42.6 Å². The Morgan fingerprint density at radius 2 is 1.82 bits per heavy atom. The van der Waals surface area contributed by atoms with Gasteiger partial charge in [-0.2, -0.15) is 0 Å². The van der Waals surface area contributed by atoms with Crippen LogP contribution in [0.3, 0.4) is 0 Å². The Bertz CT molecular complexity index is 672. The molecule has 2 heterocycles. The van der Waals surface area contributed by atoms with E-state index in [1.54, 1.807) is 6.20 Å². The standard InChI is InChI=1S/C15H15FN4O2/c16-12-4-5-13(20(21)22)14(11-12)18-7-9-19(10-8-18)15-3-1-2-6-17-15/h1-6,11H,7-10H2. The highest BCUT2D eigenvalue weighted by molar-refractivity contribution is 5.64. The number of nitrogens with zero attached hydrogens (tertiary/aromatic N) is 4. The Morgan fingerprint density at radius 1 is 1.09 bits per heavy atom. The van der Waals surface area contributed by atoms with E-state index in [2.05, 4.69) is 9.88 Å². The van der Waals surface area contributed by atoms with Gasteiger partial charge in [-0.15, -0.1) is 0 Å². The van der Waals surface area contributed by atoms with Crippen LogP contribution in [0.25, 0.3) is 0 Å². The van der Waals surface area contributed by atoms with E-state index in [1.807, 2.05) is 23.1 Å². The molecular weight excluding hydrogens is 287 g/mol. The smallest absolute Gasteiger partial charge is 0.292 e. The number of hydrogen-bond acceptors (Lipinski definition) is 5. The van der Waals surface area contributed by atoms with Gasteiger partial charge in [0.25, 0.3) is 5.69 Å². The van der Waals surface area contributed by atoms with Crippen molar-refractivity contribution in [3.05, 3.63) is 58.5 Å². The van der Waals surface area contributed by atoms with Crippen molar-refractivity contribution in [2.45, 2.75) is 0 Å². The monoisotopic (exact) mass is 302 g/mol. The van der Waals surface area contributed by atoms with E-state index in [1.165, 1.54) is 12.1 Å². The van der Waals surface area contributed by atoms with Gasteiger partial charge in [-0.1, -0.05) is 6.07 Å². The van der Waals surface area contributed by atoms with Gasteiger partial charge in [0.1, 0.15) is 17.3 Å². The molecule has 2 aromatic rings. The minimum atomic E-state index is -0.472. The first-order valence-corrected chi connectivity index (χ1v) is 7.00. The molecule has 6 nitrogen and oxygen atoms in total. The van der Waals surface area contributed by atoms with Gasteiger partial charge in [-0.3, -0.25) is 10.1 Å². The van der Waals surface area contributed by atoms with E-state index in [9.17, 15) is 14.5 Å². The largest absolute Gasteiger partial charge is 0.362 e. The molecule has 3 rings (SSSR count). The number of aromatic nitrogens is 1. The fraction of sp³-hybridized carbons (Fsp3) is 0.267. The summed E-state index contributed by atoms with van der Waals surface area (Å²) in [4.78, 5) is 18.9. The van der Waals surface area contributed by atoms with Crippen LogP contribution in [0.1, 0.15) is 0 Å². The molecule has 22 heavy (non-hydrogen) atoms. The van der Waals surface area contributed by atoms with Gasteiger partial charge in [0.15, 0.2) is 0 Å². The first-order chi connectivity index (χ1) is 10.6. The Morgan fingerprint density at radius 3 is 2.45 bits per heavy atom. The van der Waals surface area contributed by atoms with Crippen LogP contribution in [0.4, 0.5) is 21.6 Å². The molecular formula is C15H15FN4O2. The number of hydrogen-bond donors (Lipinski definition) is 0. The summed E-state index contributed by atoms with van der Waals surface area (Å²) in [6, 6.07) is 9.28. The Balaban J connectivity index is 1.77. The molecule has 0 atom stereocenters. The van der Waals surface area contributed by atoms with Crippen LogP contribution in [-0.4, -0.2) is 36.1 Å². The zero-order valence-corrected chi connectivity index (χ0v) is 11.9. The van der Waals surface area contributed by atoms with Crippen LogP contribution >= 0.6 is 0 Å². The maximum absolute atomic E-state index is 13.4. The van der Waals surface area contributed by atoms with Crippen molar-refractivity contribution in [3.8, 4) is 0 Å². The average molecular weight is 302 g/mol. The highest BCUT2D eigenvalue weighted by atomic mass is 19.1. The van der Waals surface area contributed by atoms with E-state index in [0.29, 0.717) is 31.9 Å². The van der Waals surface area contributed by atoms with Crippen LogP contribution in [0.2, 0.25) is 0 Å². The van der Waals surface area contributed by atoms with Gasteiger partial charge in [0, 0.05) is 44.5 Å². The molecule has 0 saturated carbocycles. The summed E-state index contributed by atoms with van der Waals surface area (Å²) >= 11 is 0. The molecule has 0 unspecified atom stereocenters. The van der Waals surface area contributed by atoms with E-state index in [4.69, 9.17) is 0 Å². The summed E-state index contributed by atoms with van der Waals surface area (Å²) in [6.45, 7) is 2.54. The molecule has 1 aliphatic heterocycles. The van der Waals surface area contributed by atoms with Crippen molar-refractivity contribution in [2.24, 2.45) is 0 Å². The summed E-state index contributed by atoms with van der Waals surface area (Å²) in [5, 5.41) is 11.1. The second-order valence-corrected chi connectivity index (χ2v) is 5.05. The molecule has 114 valence electrons. The SMILES string of the molecule is O=[N+]([O-])c1ccc(F)cc1N1CCN(c2ccccn2)CC1. The summed E-state index contributed by atoms with van der Waals surface area (Å²) in [5.41, 5.74) is 0.276. The molecule has 1 fully saturated rings. The number of anilines is 2. The lowest BCUT2D eigenvalue weighted by molar-refractivity contribution is -0.384. The number of nitro groups is 1. The highest BCUT2D eigenvalue weighted by Gasteiger charge is 2.24. The maximum atomic E-state index is 13.4. The van der Waals surface area contributed by atoms with Gasteiger partial charge < -0.3 is 9.80 Å². The van der Waals surface area contributed by atoms with Gasteiger partial charge >= 0.3 is 0 Å². The Labute approximate surface area is 127 Å². The van der Waals surface area contributed by atoms with Crippen molar-refractivity contribution >= 4 is 17.2 Å². The normalized spacial score (nSPS) is 15.0. The molecule has 0 N–H and O–H groups in total. The van der Waals surface area contributed by atoms with E-state index in [0.717, 1.165) is 11.9 Å². The summed E-state index contributed by atoms with van der Waals surface area (Å²) < 4.78 is 13.4. The zero-order chi connectivity index (χ0) is 15.5. The van der Waals surface area contributed by atoms with E-state index in [-0.39, 0.29) is 5.69 Å². The number of halogens is 1. The quantitative estimate of drug-likeness (QED) is 0.644. The minimum absolute atomic E-state index is 0.0623. The third-order valence-electron chi connectivity index (χ3n) is 3.73. The summed E-state index contributed by atoms with van der Waals surface area (Å²) in [6.07, 6.45) is 1.74. The molecule has 1 aromatic carbocycles. The van der Waals surface area contributed by atoms with Crippen molar-refractivity contribution in [1.29, 1.82) is 0 Å². The van der Waals surface area contributed by atoms with Crippen LogP contribution in [-0.2, 0) is 0 Å². The number of rotatable bonds is 3. The van der Waals surface area contributed by atoms with Gasteiger partial charge in [0.2, 0.25) is 0 Å². The topological polar surface area (TPSA) is 62.5 Å². The Kier molecular flexibility index (Phi) is 3.86. The number of piperazine rings is 1. The lowest BCUT2D eigenvalue weighted by Gasteiger charge is -2.36. The van der Waals surface area contributed by atoms with Gasteiger partial charge in [-0.05, 0) is 18.2 Å².